The molecule has 0 saturated carbocycles. The SMILES string of the molecule is COC(C)CCC(=O)N(C)c1ccc(Br)cc1N. The smallest absolute Gasteiger partial charge is 0.226 e. The molecule has 0 fully saturated rings. The number of ether oxygens (including phenoxy) is 1. The van der Waals surface area contributed by atoms with Gasteiger partial charge in [-0.25, -0.2) is 0 Å². The fourth-order valence-corrected chi connectivity index (χ4v) is 1.96. The molecule has 1 rings (SSSR count). The number of hydrogen-bond acceptors (Lipinski definition) is 3. The molecule has 4 nitrogen and oxygen atoms in total. The molecule has 1 aromatic rings. The molecule has 0 heterocycles. The number of rotatable bonds is 5. The maximum absolute atomic E-state index is 12.0. The first-order valence-electron chi connectivity index (χ1n) is 5.80. The molecule has 0 aliphatic heterocycles. The van der Waals surface area contributed by atoms with Gasteiger partial charge in [0.05, 0.1) is 17.5 Å². The van der Waals surface area contributed by atoms with Crippen molar-refractivity contribution in [3.63, 3.8) is 0 Å². The van der Waals surface area contributed by atoms with E-state index in [0.717, 1.165) is 10.2 Å². The molecule has 1 aromatic carbocycles. The normalized spacial score (nSPS) is 12.2. The van der Waals surface area contributed by atoms with Gasteiger partial charge in [0.2, 0.25) is 5.91 Å². The number of methoxy groups -OCH3 is 1. The second kappa shape index (κ2) is 6.75. The Balaban J connectivity index is 2.68. The van der Waals surface area contributed by atoms with E-state index in [2.05, 4.69) is 15.9 Å². The third-order valence-corrected chi connectivity index (χ3v) is 3.39. The number of benzene rings is 1. The molecule has 2 N–H and O–H groups in total. The van der Waals surface area contributed by atoms with Gasteiger partial charge in [0.25, 0.3) is 0 Å². The summed E-state index contributed by atoms with van der Waals surface area (Å²) in [6, 6.07) is 5.49. The van der Waals surface area contributed by atoms with E-state index in [0.29, 0.717) is 18.5 Å². The van der Waals surface area contributed by atoms with Crippen LogP contribution >= 0.6 is 15.9 Å². The van der Waals surface area contributed by atoms with E-state index >= 15 is 0 Å². The third kappa shape index (κ3) is 3.99. The summed E-state index contributed by atoms with van der Waals surface area (Å²) in [5.74, 6) is 0.0351. The van der Waals surface area contributed by atoms with Gasteiger partial charge >= 0.3 is 0 Å². The first kappa shape index (κ1) is 15.0. The summed E-state index contributed by atoms with van der Waals surface area (Å²) in [6.45, 7) is 1.95. The monoisotopic (exact) mass is 314 g/mol. The molecule has 100 valence electrons. The Bertz CT molecular complexity index is 423. The highest BCUT2D eigenvalue weighted by Crippen LogP contribution is 2.26. The standard InChI is InChI=1S/C13H19BrN2O2/c1-9(18-3)4-7-13(17)16(2)12-6-5-10(14)8-11(12)15/h5-6,8-9H,4,7,15H2,1-3H3. The van der Waals surface area contributed by atoms with Crippen LogP contribution in [0.5, 0.6) is 0 Å². The van der Waals surface area contributed by atoms with Crippen molar-refractivity contribution < 1.29 is 9.53 Å². The van der Waals surface area contributed by atoms with Gasteiger partial charge in [-0.15, -0.1) is 0 Å². The Kier molecular flexibility index (Phi) is 5.62. The number of halogens is 1. The summed E-state index contributed by atoms with van der Waals surface area (Å²) in [5.41, 5.74) is 7.21. The lowest BCUT2D eigenvalue weighted by Crippen LogP contribution is -2.27. The van der Waals surface area contributed by atoms with Crippen LogP contribution in [0.3, 0.4) is 0 Å². The Labute approximate surface area is 116 Å². The maximum atomic E-state index is 12.0. The average molecular weight is 315 g/mol. The van der Waals surface area contributed by atoms with Crippen LogP contribution in [0.15, 0.2) is 22.7 Å². The molecule has 0 spiro atoms. The highest BCUT2D eigenvalue weighted by Gasteiger charge is 2.14. The Morgan fingerprint density at radius 1 is 1.56 bits per heavy atom. The van der Waals surface area contributed by atoms with E-state index in [-0.39, 0.29) is 12.0 Å². The number of nitrogens with zero attached hydrogens (tertiary/aromatic N) is 1. The van der Waals surface area contributed by atoms with Gasteiger partial charge in [-0.05, 0) is 31.5 Å². The van der Waals surface area contributed by atoms with Crippen LogP contribution in [0.25, 0.3) is 0 Å². The van der Waals surface area contributed by atoms with Crippen LogP contribution in [-0.4, -0.2) is 26.2 Å². The van der Waals surface area contributed by atoms with Gasteiger partial charge in [0.1, 0.15) is 0 Å². The van der Waals surface area contributed by atoms with E-state index in [4.69, 9.17) is 10.5 Å². The molecule has 1 amide bonds. The van der Waals surface area contributed by atoms with E-state index < -0.39 is 0 Å². The van der Waals surface area contributed by atoms with Crippen LogP contribution in [0.4, 0.5) is 11.4 Å². The van der Waals surface area contributed by atoms with E-state index in [1.54, 1.807) is 25.1 Å². The maximum Gasteiger partial charge on any atom is 0.226 e. The lowest BCUT2D eigenvalue weighted by Gasteiger charge is -2.20. The summed E-state index contributed by atoms with van der Waals surface area (Å²) < 4.78 is 6.02. The Hall–Kier alpha value is -1.07. The fraction of sp³-hybridized carbons (Fsp3) is 0.462. The molecular weight excluding hydrogens is 296 g/mol. The summed E-state index contributed by atoms with van der Waals surface area (Å²) in [5, 5.41) is 0. The van der Waals surface area contributed by atoms with Crippen molar-refractivity contribution in [2.24, 2.45) is 0 Å². The Morgan fingerprint density at radius 2 is 2.22 bits per heavy atom. The van der Waals surface area contributed by atoms with Crippen molar-refractivity contribution in [1.82, 2.24) is 0 Å². The highest BCUT2D eigenvalue weighted by atomic mass is 79.9. The van der Waals surface area contributed by atoms with Crippen molar-refractivity contribution >= 4 is 33.2 Å². The zero-order valence-electron chi connectivity index (χ0n) is 10.9. The van der Waals surface area contributed by atoms with E-state index in [1.807, 2.05) is 19.1 Å². The van der Waals surface area contributed by atoms with Crippen molar-refractivity contribution in [2.45, 2.75) is 25.9 Å². The van der Waals surface area contributed by atoms with Crippen LogP contribution in [-0.2, 0) is 9.53 Å². The van der Waals surface area contributed by atoms with Crippen LogP contribution in [0, 0.1) is 0 Å². The predicted octanol–water partition coefficient (Wildman–Crippen LogP) is 2.81. The molecule has 5 heteroatoms. The minimum atomic E-state index is 0.0351. The minimum Gasteiger partial charge on any atom is -0.397 e. The van der Waals surface area contributed by atoms with Crippen molar-refractivity contribution in [3.8, 4) is 0 Å². The number of nitrogens with two attached hydrogens (primary N) is 1. The largest absolute Gasteiger partial charge is 0.397 e. The first-order valence-corrected chi connectivity index (χ1v) is 6.59. The number of amides is 1. The molecule has 18 heavy (non-hydrogen) atoms. The molecule has 1 atom stereocenters. The van der Waals surface area contributed by atoms with Gasteiger partial charge in [-0.2, -0.15) is 0 Å². The average Bonchev–Trinajstić information content (AvgIpc) is 2.34. The zero-order valence-corrected chi connectivity index (χ0v) is 12.5. The quantitative estimate of drug-likeness (QED) is 0.850. The molecule has 1 unspecified atom stereocenters. The summed E-state index contributed by atoms with van der Waals surface area (Å²) in [6.07, 6.45) is 1.24. The molecular formula is C13H19BrN2O2. The topological polar surface area (TPSA) is 55.6 Å². The number of hydrogen-bond donors (Lipinski definition) is 1. The predicted molar refractivity (Wildman–Crippen MR) is 77.7 cm³/mol. The van der Waals surface area contributed by atoms with Crippen LogP contribution in [0.1, 0.15) is 19.8 Å². The van der Waals surface area contributed by atoms with E-state index in [9.17, 15) is 4.79 Å². The third-order valence-electron chi connectivity index (χ3n) is 2.89. The fourth-order valence-electron chi connectivity index (χ4n) is 1.58. The molecule has 0 saturated heterocycles. The van der Waals surface area contributed by atoms with Gasteiger partial charge in [0.15, 0.2) is 0 Å². The van der Waals surface area contributed by atoms with Gasteiger partial charge in [0, 0.05) is 25.1 Å². The van der Waals surface area contributed by atoms with Gasteiger partial charge in [-0.1, -0.05) is 15.9 Å². The summed E-state index contributed by atoms with van der Waals surface area (Å²) in [7, 11) is 3.38. The van der Waals surface area contributed by atoms with Gasteiger partial charge < -0.3 is 15.4 Å². The summed E-state index contributed by atoms with van der Waals surface area (Å²) >= 11 is 3.34. The molecule has 0 bridgehead atoms. The number of carbonyl (C=O) groups is 1. The van der Waals surface area contributed by atoms with E-state index in [1.165, 1.54) is 0 Å². The number of anilines is 2. The lowest BCUT2D eigenvalue weighted by atomic mass is 10.2. The second-order valence-electron chi connectivity index (χ2n) is 4.24. The molecule has 0 aromatic heterocycles. The molecule has 0 radical (unpaired) electrons. The van der Waals surface area contributed by atoms with Gasteiger partial charge in [-0.3, -0.25) is 4.79 Å². The number of nitrogen functional groups attached to an aromatic ring is 1. The molecule has 0 aliphatic carbocycles. The van der Waals surface area contributed by atoms with Crippen molar-refractivity contribution in [2.75, 3.05) is 24.8 Å². The lowest BCUT2D eigenvalue weighted by molar-refractivity contribution is -0.118. The summed E-state index contributed by atoms with van der Waals surface area (Å²) in [4.78, 5) is 13.6. The molecule has 0 aliphatic rings. The van der Waals surface area contributed by atoms with Crippen molar-refractivity contribution in [3.05, 3.63) is 22.7 Å². The number of carbonyl (C=O) groups excluding carboxylic acids is 1. The minimum absolute atomic E-state index is 0.0351. The zero-order chi connectivity index (χ0) is 13.7. The van der Waals surface area contributed by atoms with Crippen LogP contribution < -0.4 is 10.6 Å². The van der Waals surface area contributed by atoms with Crippen molar-refractivity contribution in [1.29, 1.82) is 0 Å². The van der Waals surface area contributed by atoms with Crippen LogP contribution in [0.2, 0.25) is 0 Å². The highest BCUT2D eigenvalue weighted by molar-refractivity contribution is 9.10. The Morgan fingerprint density at radius 3 is 2.78 bits per heavy atom. The first-order chi connectivity index (χ1) is 8.45. The second-order valence-corrected chi connectivity index (χ2v) is 5.16.